The molecule has 0 aromatic heterocycles. The summed E-state index contributed by atoms with van der Waals surface area (Å²) in [7, 11) is 0. The van der Waals surface area contributed by atoms with Crippen molar-refractivity contribution in [2.75, 3.05) is 0 Å². The standard InChI is InChI=1S/C9H9IOS/c1-6-7(4-11)2-9(10)3-8(6)5-12/h2-4,12H,5H2,1H3. The zero-order valence-corrected chi connectivity index (χ0v) is 9.72. The van der Waals surface area contributed by atoms with Gasteiger partial charge in [0.05, 0.1) is 0 Å². The third-order valence-electron chi connectivity index (χ3n) is 1.82. The largest absolute Gasteiger partial charge is 0.298 e. The van der Waals surface area contributed by atoms with Crippen LogP contribution in [0.5, 0.6) is 0 Å². The van der Waals surface area contributed by atoms with Crippen molar-refractivity contribution in [2.24, 2.45) is 0 Å². The van der Waals surface area contributed by atoms with Gasteiger partial charge in [-0.1, -0.05) is 0 Å². The van der Waals surface area contributed by atoms with Crippen LogP contribution >= 0.6 is 35.2 Å². The molecule has 0 atom stereocenters. The monoisotopic (exact) mass is 292 g/mol. The summed E-state index contributed by atoms with van der Waals surface area (Å²) in [5.74, 6) is 0.684. The molecule has 1 rings (SSSR count). The Morgan fingerprint density at radius 3 is 2.75 bits per heavy atom. The highest BCUT2D eigenvalue weighted by Crippen LogP contribution is 2.18. The van der Waals surface area contributed by atoms with E-state index in [1.807, 2.05) is 13.0 Å². The number of benzene rings is 1. The molecule has 0 aliphatic carbocycles. The van der Waals surface area contributed by atoms with Crippen LogP contribution < -0.4 is 0 Å². The van der Waals surface area contributed by atoms with Crippen LogP contribution in [0.4, 0.5) is 0 Å². The average molecular weight is 292 g/mol. The normalized spacial score (nSPS) is 9.92. The van der Waals surface area contributed by atoms with Crippen molar-refractivity contribution in [3.63, 3.8) is 0 Å². The van der Waals surface area contributed by atoms with Crippen molar-refractivity contribution >= 4 is 41.5 Å². The van der Waals surface area contributed by atoms with Gasteiger partial charge in [0, 0.05) is 14.9 Å². The van der Waals surface area contributed by atoms with E-state index in [9.17, 15) is 4.79 Å². The number of rotatable bonds is 2. The Morgan fingerprint density at radius 1 is 1.58 bits per heavy atom. The molecule has 0 aliphatic rings. The topological polar surface area (TPSA) is 17.1 Å². The predicted molar refractivity (Wildman–Crippen MR) is 62.0 cm³/mol. The minimum absolute atomic E-state index is 0.684. The van der Waals surface area contributed by atoms with Gasteiger partial charge in [-0.3, -0.25) is 4.79 Å². The first kappa shape index (κ1) is 10.1. The van der Waals surface area contributed by atoms with E-state index in [-0.39, 0.29) is 0 Å². The summed E-state index contributed by atoms with van der Waals surface area (Å²) in [4.78, 5) is 10.6. The Hall–Kier alpha value is -0.0300. The highest BCUT2D eigenvalue weighted by atomic mass is 127. The number of carbonyl (C=O) groups excluding carboxylic acids is 1. The minimum atomic E-state index is 0.684. The van der Waals surface area contributed by atoms with Gasteiger partial charge in [0.15, 0.2) is 0 Å². The second kappa shape index (κ2) is 4.28. The Labute approximate surface area is 91.1 Å². The number of halogens is 1. The van der Waals surface area contributed by atoms with Crippen molar-refractivity contribution in [3.8, 4) is 0 Å². The molecule has 0 spiro atoms. The predicted octanol–water partition coefficient (Wildman–Crippen LogP) is 2.84. The number of hydrogen-bond acceptors (Lipinski definition) is 2. The zero-order valence-electron chi connectivity index (χ0n) is 6.67. The Balaban J connectivity index is 3.31. The summed E-state index contributed by atoms with van der Waals surface area (Å²) in [6.07, 6.45) is 0.893. The molecule has 0 bridgehead atoms. The lowest BCUT2D eigenvalue weighted by Crippen LogP contribution is -1.93. The van der Waals surface area contributed by atoms with Crippen LogP contribution in [0.2, 0.25) is 0 Å². The van der Waals surface area contributed by atoms with Gasteiger partial charge < -0.3 is 0 Å². The molecule has 0 unspecified atom stereocenters. The highest BCUT2D eigenvalue weighted by Gasteiger charge is 2.03. The van der Waals surface area contributed by atoms with Crippen LogP contribution in [0, 0.1) is 10.5 Å². The lowest BCUT2D eigenvalue weighted by Gasteiger charge is -2.05. The Kier molecular flexibility index (Phi) is 3.58. The van der Waals surface area contributed by atoms with Crippen molar-refractivity contribution in [1.82, 2.24) is 0 Å². The summed E-state index contributed by atoms with van der Waals surface area (Å²) in [5, 5.41) is 0. The van der Waals surface area contributed by atoms with Crippen molar-refractivity contribution in [2.45, 2.75) is 12.7 Å². The quantitative estimate of drug-likeness (QED) is 0.504. The third-order valence-corrected chi connectivity index (χ3v) is 2.78. The van der Waals surface area contributed by atoms with Crippen LogP contribution in [0.15, 0.2) is 12.1 Å². The summed E-state index contributed by atoms with van der Waals surface area (Å²) in [5.41, 5.74) is 2.94. The molecule has 1 nitrogen and oxygen atoms in total. The van der Waals surface area contributed by atoms with Crippen molar-refractivity contribution in [3.05, 3.63) is 32.4 Å². The first-order valence-electron chi connectivity index (χ1n) is 3.54. The van der Waals surface area contributed by atoms with Gasteiger partial charge in [0.25, 0.3) is 0 Å². The zero-order chi connectivity index (χ0) is 9.14. The van der Waals surface area contributed by atoms with Gasteiger partial charge in [-0.15, -0.1) is 0 Å². The first-order valence-corrected chi connectivity index (χ1v) is 5.25. The molecule has 0 fully saturated rings. The molecule has 0 saturated carbocycles. The van der Waals surface area contributed by atoms with E-state index in [0.29, 0.717) is 5.75 Å². The first-order chi connectivity index (χ1) is 5.69. The number of thiol groups is 1. The van der Waals surface area contributed by atoms with Crippen LogP contribution in [0.25, 0.3) is 0 Å². The highest BCUT2D eigenvalue weighted by molar-refractivity contribution is 14.1. The van der Waals surface area contributed by atoms with E-state index in [2.05, 4.69) is 41.3 Å². The lowest BCUT2D eigenvalue weighted by atomic mass is 10.0. The molecular weight excluding hydrogens is 283 g/mol. The summed E-state index contributed by atoms with van der Waals surface area (Å²) in [6.45, 7) is 1.95. The molecule has 1 aromatic rings. The maximum Gasteiger partial charge on any atom is 0.150 e. The second-order valence-corrected chi connectivity index (χ2v) is 4.12. The van der Waals surface area contributed by atoms with Gasteiger partial charge in [0.2, 0.25) is 0 Å². The van der Waals surface area contributed by atoms with Crippen LogP contribution in [0.1, 0.15) is 21.5 Å². The number of hydrogen-bond donors (Lipinski definition) is 1. The fourth-order valence-electron chi connectivity index (χ4n) is 1.05. The van der Waals surface area contributed by atoms with Gasteiger partial charge in [-0.05, 0) is 52.8 Å². The molecule has 0 N–H and O–H groups in total. The smallest absolute Gasteiger partial charge is 0.150 e. The fourth-order valence-corrected chi connectivity index (χ4v) is 2.09. The molecular formula is C9H9IOS. The van der Waals surface area contributed by atoms with Crippen LogP contribution in [-0.4, -0.2) is 6.29 Å². The molecule has 3 heteroatoms. The van der Waals surface area contributed by atoms with E-state index in [0.717, 1.165) is 26.5 Å². The SMILES string of the molecule is Cc1c(C=O)cc(I)cc1CS. The minimum Gasteiger partial charge on any atom is -0.298 e. The maximum absolute atomic E-state index is 10.6. The number of aldehydes is 1. The molecule has 0 saturated heterocycles. The molecule has 12 heavy (non-hydrogen) atoms. The van der Waals surface area contributed by atoms with Crippen molar-refractivity contribution < 1.29 is 4.79 Å². The van der Waals surface area contributed by atoms with E-state index in [1.165, 1.54) is 0 Å². The molecule has 64 valence electrons. The third kappa shape index (κ3) is 2.01. The summed E-state index contributed by atoms with van der Waals surface area (Å²) >= 11 is 6.40. The fraction of sp³-hybridized carbons (Fsp3) is 0.222. The molecule has 0 amide bonds. The second-order valence-electron chi connectivity index (χ2n) is 2.56. The summed E-state index contributed by atoms with van der Waals surface area (Å²) in [6, 6.07) is 3.94. The van der Waals surface area contributed by atoms with Crippen LogP contribution in [-0.2, 0) is 5.75 Å². The Bertz CT molecular complexity index is 310. The average Bonchev–Trinajstić information content (AvgIpc) is 2.08. The van der Waals surface area contributed by atoms with E-state index >= 15 is 0 Å². The molecule has 0 heterocycles. The van der Waals surface area contributed by atoms with Gasteiger partial charge >= 0.3 is 0 Å². The van der Waals surface area contributed by atoms with Gasteiger partial charge in [-0.2, -0.15) is 12.6 Å². The molecule has 0 aliphatic heterocycles. The van der Waals surface area contributed by atoms with E-state index < -0.39 is 0 Å². The van der Waals surface area contributed by atoms with E-state index in [4.69, 9.17) is 0 Å². The van der Waals surface area contributed by atoms with Gasteiger partial charge in [0.1, 0.15) is 6.29 Å². The van der Waals surface area contributed by atoms with Crippen LogP contribution in [0.3, 0.4) is 0 Å². The molecule has 0 radical (unpaired) electrons. The van der Waals surface area contributed by atoms with Gasteiger partial charge in [-0.25, -0.2) is 0 Å². The van der Waals surface area contributed by atoms with Crippen molar-refractivity contribution in [1.29, 1.82) is 0 Å². The van der Waals surface area contributed by atoms with E-state index in [1.54, 1.807) is 0 Å². The number of carbonyl (C=O) groups is 1. The maximum atomic E-state index is 10.6. The Morgan fingerprint density at radius 2 is 2.25 bits per heavy atom. The lowest BCUT2D eigenvalue weighted by molar-refractivity contribution is 0.112. The molecule has 1 aromatic carbocycles. The summed E-state index contributed by atoms with van der Waals surface area (Å²) < 4.78 is 1.09.